The maximum atomic E-state index is 3.54. The fourth-order valence-corrected chi connectivity index (χ4v) is 3.98. The lowest BCUT2D eigenvalue weighted by Gasteiger charge is -2.24. The average molecular weight is 346 g/mol. The number of fused-ring (bicyclic) bond motifs is 1. The van der Waals surface area contributed by atoms with Crippen molar-refractivity contribution in [3.05, 3.63) is 63.3 Å². The Morgan fingerprint density at radius 2 is 1.80 bits per heavy atom. The van der Waals surface area contributed by atoms with Crippen molar-refractivity contribution >= 4 is 43.7 Å². The lowest BCUT2D eigenvalue weighted by atomic mass is 10.1. The van der Waals surface area contributed by atoms with Crippen LogP contribution >= 0.6 is 27.3 Å². The molecule has 20 heavy (non-hydrogen) atoms. The van der Waals surface area contributed by atoms with E-state index in [2.05, 4.69) is 82.4 Å². The van der Waals surface area contributed by atoms with Crippen LogP contribution in [0.4, 0.5) is 5.69 Å². The molecule has 0 aliphatic rings. The maximum absolute atomic E-state index is 3.54. The molecule has 1 aromatic heterocycles. The summed E-state index contributed by atoms with van der Waals surface area (Å²) in [6.07, 6.45) is 0. The van der Waals surface area contributed by atoms with Crippen LogP contribution in [0.2, 0.25) is 0 Å². The van der Waals surface area contributed by atoms with E-state index < -0.39 is 0 Å². The fraction of sp³-hybridized carbons (Fsp3) is 0.176. The van der Waals surface area contributed by atoms with Crippen LogP contribution in [0.15, 0.2) is 58.4 Å². The Bertz CT molecular complexity index is 714. The minimum Gasteiger partial charge on any atom is -0.366 e. The van der Waals surface area contributed by atoms with Gasteiger partial charge in [-0.3, -0.25) is 0 Å². The molecule has 0 atom stereocenters. The standard InChI is InChI=1S/C17H16BrNS/c1-2-19(12-14-10-11-17(18)20-14)16-9-5-7-13-6-3-4-8-15(13)16/h3-11H,2,12H2,1H3. The average Bonchev–Trinajstić information content (AvgIpc) is 2.89. The van der Waals surface area contributed by atoms with E-state index in [0.29, 0.717) is 0 Å². The molecule has 0 saturated carbocycles. The quantitative estimate of drug-likeness (QED) is 0.587. The third-order valence-corrected chi connectivity index (χ3v) is 5.07. The van der Waals surface area contributed by atoms with Gasteiger partial charge in [-0.15, -0.1) is 11.3 Å². The Labute approximate surface area is 132 Å². The highest BCUT2D eigenvalue weighted by molar-refractivity contribution is 9.11. The van der Waals surface area contributed by atoms with Crippen molar-refractivity contribution in [2.75, 3.05) is 11.4 Å². The predicted octanol–water partition coefficient (Wildman–Crippen LogP) is 5.69. The molecule has 1 nitrogen and oxygen atoms in total. The molecular formula is C17H16BrNS. The highest BCUT2D eigenvalue weighted by Crippen LogP contribution is 2.30. The van der Waals surface area contributed by atoms with Crippen LogP contribution in [0.25, 0.3) is 10.8 Å². The van der Waals surface area contributed by atoms with Gasteiger partial charge in [-0.1, -0.05) is 36.4 Å². The molecule has 2 aromatic carbocycles. The molecule has 102 valence electrons. The Kier molecular flexibility index (Phi) is 4.08. The van der Waals surface area contributed by atoms with Gasteiger partial charge in [0.1, 0.15) is 0 Å². The lowest BCUT2D eigenvalue weighted by Crippen LogP contribution is -2.21. The van der Waals surface area contributed by atoms with Gasteiger partial charge in [0.2, 0.25) is 0 Å². The monoisotopic (exact) mass is 345 g/mol. The molecular weight excluding hydrogens is 330 g/mol. The van der Waals surface area contributed by atoms with Crippen molar-refractivity contribution in [2.24, 2.45) is 0 Å². The van der Waals surface area contributed by atoms with Crippen LogP contribution in [0, 0.1) is 0 Å². The zero-order valence-electron chi connectivity index (χ0n) is 11.3. The topological polar surface area (TPSA) is 3.24 Å². The summed E-state index contributed by atoms with van der Waals surface area (Å²) in [6, 6.07) is 19.4. The largest absolute Gasteiger partial charge is 0.366 e. The fourth-order valence-electron chi connectivity index (χ4n) is 2.48. The molecule has 0 saturated heterocycles. The highest BCUT2D eigenvalue weighted by Gasteiger charge is 2.10. The number of thiophene rings is 1. The Morgan fingerprint density at radius 1 is 1.00 bits per heavy atom. The third-order valence-electron chi connectivity index (χ3n) is 3.46. The van der Waals surface area contributed by atoms with Crippen LogP contribution in [0.3, 0.4) is 0 Å². The molecule has 1 heterocycles. The first-order valence-electron chi connectivity index (χ1n) is 6.75. The van der Waals surface area contributed by atoms with E-state index in [4.69, 9.17) is 0 Å². The smallest absolute Gasteiger partial charge is 0.0702 e. The summed E-state index contributed by atoms with van der Waals surface area (Å²) in [5, 5.41) is 2.63. The van der Waals surface area contributed by atoms with Gasteiger partial charge in [0.05, 0.1) is 10.3 Å². The number of halogens is 1. The number of anilines is 1. The molecule has 0 aliphatic heterocycles. The SMILES string of the molecule is CCN(Cc1ccc(Br)s1)c1cccc2ccccc12. The van der Waals surface area contributed by atoms with Crippen molar-refractivity contribution in [1.82, 2.24) is 0 Å². The molecule has 0 radical (unpaired) electrons. The number of hydrogen-bond donors (Lipinski definition) is 0. The van der Waals surface area contributed by atoms with Crippen molar-refractivity contribution in [1.29, 1.82) is 0 Å². The third kappa shape index (κ3) is 2.74. The van der Waals surface area contributed by atoms with Crippen molar-refractivity contribution in [2.45, 2.75) is 13.5 Å². The van der Waals surface area contributed by atoms with E-state index in [1.165, 1.54) is 25.1 Å². The first-order valence-corrected chi connectivity index (χ1v) is 8.36. The second kappa shape index (κ2) is 5.98. The van der Waals surface area contributed by atoms with Crippen LogP contribution in [-0.2, 0) is 6.54 Å². The summed E-state index contributed by atoms with van der Waals surface area (Å²) >= 11 is 5.35. The predicted molar refractivity (Wildman–Crippen MR) is 92.7 cm³/mol. The molecule has 0 fully saturated rings. The Balaban J connectivity index is 1.98. The molecule has 0 amide bonds. The molecule has 0 aliphatic carbocycles. The number of hydrogen-bond acceptors (Lipinski definition) is 2. The van der Waals surface area contributed by atoms with E-state index in [1.807, 2.05) is 0 Å². The van der Waals surface area contributed by atoms with Gasteiger partial charge in [0, 0.05) is 22.5 Å². The second-order valence-electron chi connectivity index (χ2n) is 4.72. The first kappa shape index (κ1) is 13.7. The molecule has 0 spiro atoms. The summed E-state index contributed by atoms with van der Waals surface area (Å²) in [5.41, 5.74) is 1.31. The van der Waals surface area contributed by atoms with Crippen molar-refractivity contribution in [3.63, 3.8) is 0 Å². The van der Waals surface area contributed by atoms with Crippen LogP contribution < -0.4 is 4.90 Å². The zero-order valence-corrected chi connectivity index (χ0v) is 13.7. The Morgan fingerprint density at radius 3 is 2.55 bits per heavy atom. The van der Waals surface area contributed by atoms with Crippen LogP contribution in [-0.4, -0.2) is 6.54 Å². The van der Waals surface area contributed by atoms with Crippen LogP contribution in [0.5, 0.6) is 0 Å². The molecule has 3 aromatic rings. The normalized spacial score (nSPS) is 10.9. The van der Waals surface area contributed by atoms with E-state index in [0.717, 1.165) is 13.1 Å². The van der Waals surface area contributed by atoms with E-state index in [1.54, 1.807) is 11.3 Å². The molecule has 0 unspecified atom stereocenters. The number of rotatable bonds is 4. The summed E-state index contributed by atoms with van der Waals surface area (Å²) in [5.74, 6) is 0. The van der Waals surface area contributed by atoms with Gasteiger partial charge < -0.3 is 4.90 Å². The molecule has 0 N–H and O–H groups in total. The van der Waals surface area contributed by atoms with E-state index >= 15 is 0 Å². The Hall–Kier alpha value is -1.32. The minimum atomic E-state index is 0.959. The van der Waals surface area contributed by atoms with Gasteiger partial charge >= 0.3 is 0 Å². The van der Waals surface area contributed by atoms with Gasteiger partial charge in [-0.2, -0.15) is 0 Å². The number of nitrogens with zero attached hydrogens (tertiary/aromatic N) is 1. The molecule has 0 bridgehead atoms. The zero-order chi connectivity index (χ0) is 13.9. The maximum Gasteiger partial charge on any atom is 0.0702 e. The van der Waals surface area contributed by atoms with Gasteiger partial charge in [0.15, 0.2) is 0 Å². The second-order valence-corrected chi connectivity index (χ2v) is 7.27. The van der Waals surface area contributed by atoms with E-state index in [-0.39, 0.29) is 0 Å². The van der Waals surface area contributed by atoms with Gasteiger partial charge in [0.25, 0.3) is 0 Å². The summed E-state index contributed by atoms with van der Waals surface area (Å²) in [6.45, 7) is 4.18. The van der Waals surface area contributed by atoms with Crippen LogP contribution in [0.1, 0.15) is 11.8 Å². The molecule has 3 rings (SSSR count). The van der Waals surface area contributed by atoms with Gasteiger partial charge in [-0.25, -0.2) is 0 Å². The van der Waals surface area contributed by atoms with Crippen molar-refractivity contribution < 1.29 is 0 Å². The van der Waals surface area contributed by atoms with Crippen molar-refractivity contribution in [3.8, 4) is 0 Å². The van der Waals surface area contributed by atoms with E-state index in [9.17, 15) is 0 Å². The number of benzene rings is 2. The minimum absolute atomic E-state index is 0.959. The summed E-state index contributed by atoms with van der Waals surface area (Å²) < 4.78 is 1.20. The van der Waals surface area contributed by atoms with Gasteiger partial charge in [-0.05, 0) is 46.4 Å². The lowest BCUT2D eigenvalue weighted by molar-refractivity contribution is 0.847. The molecule has 3 heteroatoms. The first-order chi connectivity index (χ1) is 9.78. The summed E-state index contributed by atoms with van der Waals surface area (Å²) in [4.78, 5) is 3.81. The highest BCUT2D eigenvalue weighted by atomic mass is 79.9. The summed E-state index contributed by atoms with van der Waals surface area (Å²) in [7, 11) is 0.